The summed E-state index contributed by atoms with van der Waals surface area (Å²) in [5, 5.41) is 28.7. The first-order chi connectivity index (χ1) is 11.0. The molecule has 0 aromatic heterocycles. The summed E-state index contributed by atoms with van der Waals surface area (Å²) >= 11 is 0. The van der Waals surface area contributed by atoms with Crippen LogP contribution in [-0.2, 0) is 11.2 Å². The maximum absolute atomic E-state index is 11.6. The van der Waals surface area contributed by atoms with Crippen molar-refractivity contribution in [2.45, 2.75) is 12.3 Å². The van der Waals surface area contributed by atoms with Crippen LogP contribution in [0.1, 0.15) is 17.0 Å². The largest absolute Gasteiger partial charge is 0.508 e. The van der Waals surface area contributed by atoms with E-state index in [1.807, 2.05) is 0 Å². The SMILES string of the molecule is COc1cc(CC(C(=O)O)c2ccc(O)cc2)cc(OC)c1O. The van der Waals surface area contributed by atoms with Crippen LogP contribution in [0, 0.1) is 0 Å². The number of hydrogen-bond acceptors (Lipinski definition) is 5. The van der Waals surface area contributed by atoms with E-state index in [1.165, 1.54) is 26.4 Å². The van der Waals surface area contributed by atoms with Crippen LogP contribution >= 0.6 is 0 Å². The Kier molecular flexibility index (Phi) is 4.95. The van der Waals surface area contributed by atoms with Gasteiger partial charge in [-0.25, -0.2) is 0 Å². The van der Waals surface area contributed by atoms with Crippen LogP contribution in [-0.4, -0.2) is 35.5 Å². The molecule has 3 N–H and O–H groups in total. The van der Waals surface area contributed by atoms with E-state index in [2.05, 4.69) is 0 Å². The second-order valence-corrected chi connectivity index (χ2v) is 5.04. The number of carbonyl (C=O) groups is 1. The van der Waals surface area contributed by atoms with Gasteiger partial charge in [0.1, 0.15) is 5.75 Å². The molecule has 0 aliphatic rings. The topological polar surface area (TPSA) is 96.2 Å². The minimum Gasteiger partial charge on any atom is -0.508 e. The third-order valence-corrected chi connectivity index (χ3v) is 3.57. The van der Waals surface area contributed by atoms with Gasteiger partial charge >= 0.3 is 5.97 Å². The predicted molar refractivity (Wildman–Crippen MR) is 83.4 cm³/mol. The van der Waals surface area contributed by atoms with Crippen molar-refractivity contribution >= 4 is 5.97 Å². The fourth-order valence-electron chi connectivity index (χ4n) is 2.36. The lowest BCUT2D eigenvalue weighted by atomic mass is 9.91. The van der Waals surface area contributed by atoms with Gasteiger partial charge in [0.05, 0.1) is 20.1 Å². The maximum Gasteiger partial charge on any atom is 0.311 e. The van der Waals surface area contributed by atoms with E-state index in [-0.39, 0.29) is 29.4 Å². The van der Waals surface area contributed by atoms with Crippen molar-refractivity contribution in [3.05, 3.63) is 47.5 Å². The first kappa shape index (κ1) is 16.5. The molecule has 23 heavy (non-hydrogen) atoms. The molecular weight excluding hydrogens is 300 g/mol. The molecule has 2 aromatic rings. The summed E-state index contributed by atoms with van der Waals surface area (Å²) in [6.07, 6.45) is 0.188. The lowest BCUT2D eigenvalue weighted by Crippen LogP contribution is -2.14. The Morgan fingerprint density at radius 3 is 2.00 bits per heavy atom. The number of aliphatic carboxylic acids is 1. The van der Waals surface area contributed by atoms with Gasteiger partial charge in [-0.3, -0.25) is 4.79 Å². The van der Waals surface area contributed by atoms with Gasteiger partial charge in [0.2, 0.25) is 5.75 Å². The molecule has 0 spiro atoms. The Morgan fingerprint density at radius 1 is 1.04 bits per heavy atom. The molecule has 0 radical (unpaired) electrons. The van der Waals surface area contributed by atoms with Crippen molar-refractivity contribution in [1.82, 2.24) is 0 Å². The molecule has 0 fully saturated rings. The molecule has 1 atom stereocenters. The minimum atomic E-state index is -0.985. The van der Waals surface area contributed by atoms with E-state index in [4.69, 9.17) is 9.47 Å². The zero-order valence-electron chi connectivity index (χ0n) is 12.8. The van der Waals surface area contributed by atoms with Gasteiger partial charge in [-0.15, -0.1) is 0 Å². The second kappa shape index (κ2) is 6.91. The quantitative estimate of drug-likeness (QED) is 0.757. The average Bonchev–Trinajstić information content (AvgIpc) is 2.54. The zero-order valence-corrected chi connectivity index (χ0v) is 12.8. The fraction of sp³-hybridized carbons (Fsp3) is 0.235. The van der Waals surface area contributed by atoms with E-state index in [0.717, 1.165) is 0 Å². The number of rotatable bonds is 6. The molecule has 6 heteroatoms. The Balaban J connectivity index is 2.37. The molecule has 0 aliphatic carbocycles. The minimum absolute atomic E-state index is 0.0749. The number of benzene rings is 2. The van der Waals surface area contributed by atoms with Crippen LogP contribution in [0.5, 0.6) is 23.0 Å². The van der Waals surface area contributed by atoms with Gasteiger partial charge in [0.25, 0.3) is 0 Å². The highest BCUT2D eigenvalue weighted by atomic mass is 16.5. The number of methoxy groups -OCH3 is 2. The molecule has 0 amide bonds. The smallest absolute Gasteiger partial charge is 0.311 e. The van der Waals surface area contributed by atoms with Crippen LogP contribution in [0.15, 0.2) is 36.4 Å². The van der Waals surface area contributed by atoms with Crippen LogP contribution in [0.3, 0.4) is 0 Å². The molecule has 122 valence electrons. The number of phenols is 2. The Bertz CT molecular complexity index is 668. The van der Waals surface area contributed by atoms with Gasteiger partial charge in [-0.1, -0.05) is 12.1 Å². The van der Waals surface area contributed by atoms with Crippen molar-refractivity contribution < 1.29 is 29.6 Å². The number of ether oxygens (including phenoxy) is 2. The molecular formula is C17H18O6. The highest BCUT2D eigenvalue weighted by Gasteiger charge is 2.22. The molecule has 0 bridgehead atoms. The monoisotopic (exact) mass is 318 g/mol. The van der Waals surface area contributed by atoms with Crippen LogP contribution in [0.2, 0.25) is 0 Å². The van der Waals surface area contributed by atoms with E-state index in [9.17, 15) is 20.1 Å². The normalized spacial score (nSPS) is 11.7. The summed E-state index contributed by atoms with van der Waals surface area (Å²) in [6.45, 7) is 0. The van der Waals surface area contributed by atoms with Crippen LogP contribution in [0.25, 0.3) is 0 Å². The number of hydrogen-bond donors (Lipinski definition) is 3. The highest BCUT2D eigenvalue weighted by molar-refractivity contribution is 5.76. The Labute approximate surface area is 133 Å². The number of carboxylic acid groups (broad SMARTS) is 1. The lowest BCUT2D eigenvalue weighted by molar-refractivity contribution is -0.138. The predicted octanol–water partition coefficient (Wildman–Crippen LogP) is 2.53. The number of phenolic OH excluding ortho intramolecular Hbond substituents is 2. The van der Waals surface area contributed by atoms with Gasteiger partial charge in [0, 0.05) is 0 Å². The highest BCUT2D eigenvalue weighted by Crippen LogP contribution is 2.38. The van der Waals surface area contributed by atoms with E-state index in [0.29, 0.717) is 11.1 Å². The van der Waals surface area contributed by atoms with Crippen molar-refractivity contribution in [3.63, 3.8) is 0 Å². The summed E-state index contributed by atoms with van der Waals surface area (Å²) in [5.41, 5.74) is 1.22. The molecule has 0 aliphatic heterocycles. The van der Waals surface area contributed by atoms with Crippen LogP contribution < -0.4 is 9.47 Å². The van der Waals surface area contributed by atoms with Gasteiger partial charge in [0.15, 0.2) is 11.5 Å². The average molecular weight is 318 g/mol. The lowest BCUT2D eigenvalue weighted by Gasteiger charge is -2.15. The van der Waals surface area contributed by atoms with E-state index in [1.54, 1.807) is 24.3 Å². The number of carboxylic acids is 1. The molecule has 0 saturated carbocycles. The van der Waals surface area contributed by atoms with E-state index >= 15 is 0 Å². The third kappa shape index (κ3) is 3.66. The standard InChI is InChI=1S/C17H18O6/c1-22-14-8-10(9-15(23-2)16(14)19)7-13(17(20)21)11-3-5-12(18)6-4-11/h3-6,8-9,13,18-19H,7H2,1-2H3,(H,20,21). The number of aromatic hydroxyl groups is 2. The van der Waals surface area contributed by atoms with Crippen molar-refractivity contribution in [3.8, 4) is 23.0 Å². The summed E-state index contributed by atoms with van der Waals surface area (Å²) in [5.74, 6) is -1.40. The zero-order chi connectivity index (χ0) is 17.0. The summed E-state index contributed by atoms with van der Waals surface area (Å²) < 4.78 is 10.2. The molecule has 0 heterocycles. The van der Waals surface area contributed by atoms with Crippen molar-refractivity contribution in [2.24, 2.45) is 0 Å². The third-order valence-electron chi connectivity index (χ3n) is 3.57. The summed E-state index contributed by atoms with van der Waals surface area (Å²) in [4.78, 5) is 11.6. The van der Waals surface area contributed by atoms with Gasteiger partial charge < -0.3 is 24.8 Å². The maximum atomic E-state index is 11.6. The van der Waals surface area contributed by atoms with E-state index < -0.39 is 11.9 Å². The second-order valence-electron chi connectivity index (χ2n) is 5.04. The first-order valence-electron chi connectivity index (χ1n) is 6.91. The molecule has 1 unspecified atom stereocenters. The molecule has 0 saturated heterocycles. The van der Waals surface area contributed by atoms with Gasteiger partial charge in [-0.2, -0.15) is 0 Å². The Hall–Kier alpha value is -2.89. The van der Waals surface area contributed by atoms with Crippen molar-refractivity contribution in [2.75, 3.05) is 14.2 Å². The molecule has 6 nitrogen and oxygen atoms in total. The molecule has 2 rings (SSSR count). The first-order valence-corrected chi connectivity index (χ1v) is 6.91. The summed E-state index contributed by atoms with van der Waals surface area (Å²) in [7, 11) is 2.82. The molecule has 2 aromatic carbocycles. The van der Waals surface area contributed by atoms with Crippen molar-refractivity contribution in [1.29, 1.82) is 0 Å². The summed E-state index contributed by atoms with van der Waals surface area (Å²) in [6, 6.07) is 9.20. The van der Waals surface area contributed by atoms with Crippen LogP contribution in [0.4, 0.5) is 0 Å². The Morgan fingerprint density at radius 2 is 1.57 bits per heavy atom. The van der Waals surface area contributed by atoms with Gasteiger partial charge in [-0.05, 0) is 41.8 Å². The fourth-order valence-corrected chi connectivity index (χ4v) is 2.36.